The molecule has 202 valence electrons. The van der Waals surface area contributed by atoms with Crippen molar-refractivity contribution in [2.45, 2.75) is 0 Å². The Morgan fingerprint density at radius 3 is 2.17 bits per heavy atom. The van der Waals surface area contributed by atoms with Gasteiger partial charge in [-0.1, -0.05) is 48.5 Å². The van der Waals surface area contributed by atoms with E-state index in [-0.39, 0.29) is 0 Å². The minimum atomic E-state index is 0.319. The van der Waals surface area contributed by atoms with Crippen LogP contribution < -0.4 is 9.64 Å². The highest BCUT2D eigenvalue weighted by Gasteiger charge is 2.17. The number of carbonyl (C=O) groups excluding carboxylic acids is 1. The van der Waals surface area contributed by atoms with Crippen LogP contribution in [0.15, 0.2) is 132 Å². The Kier molecular flexibility index (Phi) is 6.71. The van der Waals surface area contributed by atoms with Crippen LogP contribution in [-0.4, -0.2) is 21.4 Å². The van der Waals surface area contributed by atoms with Gasteiger partial charge in [0.05, 0.1) is 11.4 Å². The molecule has 0 unspecified atom stereocenters. The maximum atomic E-state index is 11.2. The SMILES string of the molecule is O=COc1cc(-c2cc(-c3ccc(N(c4ccccc4)c4ccccc4)s3)ccn2)nc(-c2nc3ccccc3o2)c1. The van der Waals surface area contributed by atoms with Crippen LogP contribution in [0.2, 0.25) is 0 Å². The highest BCUT2D eigenvalue weighted by molar-refractivity contribution is 7.19. The van der Waals surface area contributed by atoms with E-state index in [1.54, 1.807) is 29.7 Å². The van der Waals surface area contributed by atoms with Gasteiger partial charge in [-0.2, -0.15) is 0 Å². The molecule has 42 heavy (non-hydrogen) atoms. The molecule has 0 amide bonds. The minimum absolute atomic E-state index is 0.319. The largest absolute Gasteiger partial charge is 0.435 e. The molecule has 7 rings (SSSR count). The number of anilines is 3. The summed E-state index contributed by atoms with van der Waals surface area (Å²) in [4.78, 5) is 28.5. The van der Waals surface area contributed by atoms with Crippen LogP contribution in [0.5, 0.6) is 5.75 Å². The molecule has 0 aliphatic heterocycles. The number of thiophene rings is 1. The normalized spacial score (nSPS) is 11.0. The van der Waals surface area contributed by atoms with Crippen molar-refractivity contribution in [3.63, 3.8) is 0 Å². The Balaban J connectivity index is 1.27. The minimum Gasteiger partial charge on any atom is -0.435 e. The predicted molar refractivity (Wildman–Crippen MR) is 165 cm³/mol. The third-order valence-corrected chi connectivity index (χ3v) is 7.76. The highest BCUT2D eigenvalue weighted by atomic mass is 32.1. The molecular formula is C34H22N4O3S. The Labute approximate surface area is 245 Å². The van der Waals surface area contributed by atoms with Crippen molar-refractivity contribution in [2.24, 2.45) is 0 Å². The van der Waals surface area contributed by atoms with Gasteiger partial charge in [0.1, 0.15) is 22.0 Å². The summed E-state index contributed by atoms with van der Waals surface area (Å²) in [5, 5.41) is 1.08. The molecule has 4 aromatic heterocycles. The first-order valence-electron chi connectivity index (χ1n) is 13.2. The van der Waals surface area contributed by atoms with Gasteiger partial charge in [0, 0.05) is 34.6 Å². The first-order chi connectivity index (χ1) is 20.7. The molecule has 0 radical (unpaired) electrons. The highest BCUT2D eigenvalue weighted by Crippen LogP contribution is 2.42. The number of hydrogen-bond acceptors (Lipinski definition) is 8. The standard InChI is InChI=1S/C34H22N4O3S/c39-22-40-26-20-29(36-30(21-26)34-37-27-13-7-8-14-31(27)41-34)28-19-23(17-18-35-28)32-15-16-33(42-32)38(24-9-3-1-4-10-24)25-11-5-2-6-12-25/h1-22H. The number of oxazole rings is 1. The summed E-state index contributed by atoms with van der Waals surface area (Å²) in [6, 6.07) is 39.6. The molecule has 4 heterocycles. The van der Waals surface area contributed by atoms with Gasteiger partial charge in [0.2, 0.25) is 5.89 Å². The van der Waals surface area contributed by atoms with E-state index in [0.717, 1.165) is 26.8 Å². The van der Waals surface area contributed by atoms with Gasteiger partial charge < -0.3 is 14.1 Å². The zero-order valence-corrected chi connectivity index (χ0v) is 22.9. The molecule has 0 spiro atoms. The second kappa shape index (κ2) is 11.1. The van der Waals surface area contributed by atoms with E-state index in [4.69, 9.17) is 14.1 Å². The number of carbonyl (C=O) groups is 1. The van der Waals surface area contributed by atoms with E-state index in [2.05, 4.69) is 51.3 Å². The van der Waals surface area contributed by atoms with Crippen molar-refractivity contribution in [3.8, 4) is 39.2 Å². The van der Waals surface area contributed by atoms with Gasteiger partial charge >= 0.3 is 0 Å². The monoisotopic (exact) mass is 566 g/mol. The van der Waals surface area contributed by atoms with Crippen LogP contribution in [0, 0.1) is 0 Å². The molecule has 7 nitrogen and oxygen atoms in total. The summed E-state index contributed by atoms with van der Waals surface area (Å²) in [5.41, 5.74) is 6.10. The van der Waals surface area contributed by atoms with E-state index in [9.17, 15) is 4.79 Å². The summed E-state index contributed by atoms with van der Waals surface area (Å²) in [5.74, 6) is 0.647. The summed E-state index contributed by atoms with van der Waals surface area (Å²) in [6.45, 7) is 0.386. The van der Waals surface area contributed by atoms with Crippen molar-refractivity contribution in [1.29, 1.82) is 0 Å². The molecule has 0 N–H and O–H groups in total. The lowest BCUT2D eigenvalue weighted by Gasteiger charge is -2.23. The number of aromatic nitrogens is 3. The Morgan fingerprint density at radius 2 is 1.43 bits per heavy atom. The fourth-order valence-electron chi connectivity index (χ4n) is 4.74. The molecule has 0 bridgehead atoms. The number of pyridine rings is 2. The third-order valence-electron chi connectivity index (χ3n) is 6.64. The molecular weight excluding hydrogens is 544 g/mol. The van der Waals surface area contributed by atoms with Crippen LogP contribution in [-0.2, 0) is 4.79 Å². The lowest BCUT2D eigenvalue weighted by Crippen LogP contribution is -2.07. The van der Waals surface area contributed by atoms with Crippen molar-refractivity contribution in [2.75, 3.05) is 4.90 Å². The second-order valence-corrected chi connectivity index (χ2v) is 10.4. The molecule has 0 atom stereocenters. The molecule has 0 fully saturated rings. The smallest absolute Gasteiger partial charge is 0.298 e. The van der Waals surface area contributed by atoms with E-state index in [1.165, 1.54) is 0 Å². The van der Waals surface area contributed by atoms with Crippen molar-refractivity contribution in [3.05, 3.63) is 128 Å². The van der Waals surface area contributed by atoms with E-state index >= 15 is 0 Å². The summed E-state index contributed by atoms with van der Waals surface area (Å²) >= 11 is 1.68. The van der Waals surface area contributed by atoms with Gasteiger partial charge in [0.15, 0.2) is 5.58 Å². The molecule has 7 aromatic rings. The van der Waals surface area contributed by atoms with Gasteiger partial charge in [-0.15, -0.1) is 11.3 Å². The fraction of sp³-hybridized carbons (Fsp3) is 0. The average Bonchev–Trinajstić information content (AvgIpc) is 3.71. The molecule has 0 saturated heterocycles. The number of rotatable bonds is 8. The molecule has 3 aromatic carbocycles. The van der Waals surface area contributed by atoms with Crippen LogP contribution in [0.25, 0.3) is 44.5 Å². The maximum absolute atomic E-state index is 11.2. The zero-order valence-electron chi connectivity index (χ0n) is 22.1. The van der Waals surface area contributed by atoms with E-state index in [1.807, 2.05) is 72.8 Å². The number of hydrogen-bond donors (Lipinski definition) is 0. The van der Waals surface area contributed by atoms with Gasteiger partial charge in [-0.3, -0.25) is 9.78 Å². The topological polar surface area (TPSA) is 81.4 Å². The first kappa shape index (κ1) is 25.4. The van der Waals surface area contributed by atoms with E-state index in [0.29, 0.717) is 46.3 Å². The number of nitrogens with zero attached hydrogens (tertiary/aromatic N) is 4. The fourth-order valence-corrected chi connectivity index (χ4v) is 5.78. The Bertz CT molecular complexity index is 1930. The van der Waals surface area contributed by atoms with Crippen molar-refractivity contribution >= 4 is 45.3 Å². The average molecular weight is 567 g/mol. The predicted octanol–water partition coefficient (Wildman–Crippen LogP) is 8.69. The van der Waals surface area contributed by atoms with Crippen molar-refractivity contribution < 1.29 is 13.9 Å². The molecule has 0 aliphatic carbocycles. The quantitative estimate of drug-likeness (QED) is 0.170. The number of fused-ring (bicyclic) bond motifs is 1. The molecule has 0 saturated carbocycles. The van der Waals surface area contributed by atoms with Crippen LogP contribution >= 0.6 is 11.3 Å². The van der Waals surface area contributed by atoms with Gasteiger partial charge in [-0.25, -0.2) is 9.97 Å². The zero-order chi connectivity index (χ0) is 28.3. The summed E-state index contributed by atoms with van der Waals surface area (Å²) in [6.07, 6.45) is 1.75. The summed E-state index contributed by atoms with van der Waals surface area (Å²) in [7, 11) is 0. The molecule has 8 heteroatoms. The number of ether oxygens (including phenoxy) is 1. The third kappa shape index (κ3) is 5.02. The van der Waals surface area contributed by atoms with Gasteiger partial charge in [-0.05, 0) is 66.2 Å². The second-order valence-electron chi connectivity index (χ2n) is 9.35. The molecule has 0 aliphatic rings. The van der Waals surface area contributed by atoms with Gasteiger partial charge in [0.25, 0.3) is 6.47 Å². The first-order valence-corrected chi connectivity index (χ1v) is 14.0. The number of benzene rings is 3. The van der Waals surface area contributed by atoms with Crippen molar-refractivity contribution in [1.82, 2.24) is 15.0 Å². The van der Waals surface area contributed by atoms with Crippen LogP contribution in [0.4, 0.5) is 16.4 Å². The van der Waals surface area contributed by atoms with Crippen LogP contribution in [0.1, 0.15) is 0 Å². The van der Waals surface area contributed by atoms with Crippen LogP contribution in [0.3, 0.4) is 0 Å². The lowest BCUT2D eigenvalue weighted by atomic mass is 10.1. The number of para-hydroxylation sites is 4. The lowest BCUT2D eigenvalue weighted by molar-refractivity contribution is -0.120. The Morgan fingerprint density at radius 1 is 0.714 bits per heavy atom. The maximum Gasteiger partial charge on any atom is 0.298 e. The Hall–Kier alpha value is -5.60. The summed E-state index contributed by atoms with van der Waals surface area (Å²) < 4.78 is 11.1. The van der Waals surface area contributed by atoms with E-state index < -0.39 is 0 Å².